The molecule has 2 aromatic carbocycles. The van der Waals surface area contributed by atoms with Crippen LogP contribution in [0.15, 0.2) is 64.7 Å². The van der Waals surface area contributed by atoms with Gasteiger partial charge in [-0.1, -0.05) is 30.7 Å². The van der Waals surface area contributed by atoms with Crippen LogP contribution in [-0.4, -0.2) is 43.0 Å². The summed E-state index contributed by atoms with van der Waals surface area (Å²) >= 11 is 6.13. The largest absolute Gasteiger partial charge is 0.480 e. The maximum absolute atomic E-state index is 13.2. The summed E-state index contributed by atoms with van der Waals surface area (Å²) in [6, 6.07) is 11.3. The summed E-state index contributed by atoms with van der Waals surface area (Å²) in [6.07, 6.45) is 2.94. The summed E-state index contributed by atoms with van der Waals surface area (Å²) in [5.41, 5.74) is 1.87. The van der Waals surface area contributed by atoms with E-state index in [2.05, 4.69) is 20.0 Å². The number of carbonyl (C=O) groups excluding carboxylic acids is 1. The first-order chi connectivity index (χ1) is 18.1. The van der Waals surface area contributed by atoms with Crippen LogP contribution in [0.4, 0.5) is 5.69 Å². The van der Waals surface area contributed by atoms with E-state index in [9.17, 15) is 18.0 Å². The predicted molar refractivity (Wildman–Crippen MR) is 146 cm³/mol. The summed E-state index contributed by atoms with van der Waals surface area (Å²) < 4.78 is 35.6. The molecule has 12 heteroatoms. The third-order valence-electron chi connectivity index (χ3n) is 6.12. The second-order valence-electron chi connectivity index (χ2n) is 8.70. The molecular formula is C26H26ClN5O5S. The Labute approximate surface area is 224 Å². The standard InChI is InChI=1S/C26H26ClN5O5S/c1-15(24(33)28-3)13-32-14-30-21-9-8-17(10-19(21)26(32)34)18-11-22(25(37-4)29-12-18)31-38(35,36)23-7-5-6-20(27)16(23)2/h5-12,14-15,31H,13H2,1-4H3,(H,28,33)/t15-/m1/s1. The van der Waals surface area contributed by atoms with Crippen molar-refractivity contribution in [3.63, 3.8) is 0 Å². The van der Waals surface area contributed by atoms with Crippen molar-refractivity contribution >= 4 is 44.1 Å². The number of carbonyl (C=O) groups is 1. The summed E-state index contributed by atoms with van der Waals surface area (Å²) in [4.78, 5) is 33.7. The van der Waals surface area contributed by atoms with Crippen LogP contribution < -0.4 is 20.3 Å². The van der Waals surface area contributed by atoms with E-state index in [1.165, 1.54) is 30.3 Å². The van der Waals surface area contributed by atoms with Gasteiger partial charge in [0.05, 0.1) is 35.2 Å². The van der Waals surface area contributed by atoms with Gasteiger partial charge in [0.1, 0.15) is 5.69 Å². The van der Waals surface area contributed by atoms with Gasteiger partial charge in [-0.15, -0.1) is 0 Å². The van der Waals surface area contributed by atoms with Crippen molar-refractivity contribution < 1.29 is 17.9 Å². The quantitative estimate of drug-likeness (QED) is 0.339. The first kappa shape index (κ1) is 27.1. The molecule has 0 bridgehead atoms. The summed E-state index contributed by atoms with van der Waals surface area (Å²) in [7, 11) is -1.09. The number of ether oxygens (including phenoxy) is 1. The fourth-order valence-corrected chi connectivity index (χ4v) is 5.56. The maximum Gasteiger partial charge on any atom is 0.262 e. The number of anilines is 1. The number of hydrogen-bond acceptors (Lipinski definition) is 7. The number of aromatic nitrogens is 3. The number of methoxy groups -OCH3 is 1. The molecule has 2 heterocycles. The fourth-order valence-electron chi connectivity index (χ4n) is 4.02. The number of sulfonamides is 1. The van der Waals surface area contributed by atoms with Gasteiger partial charge in [-0.2, -0.15) is 0 Å². The lowest BCUT2D eigenvalue weighted by molar-refractivity contribution is -0.124. The van der Waals surface area contributed by atoms with Gasteiger partial charge in [-0.05, 0) is 48.4 Å². The molecule has 2 N–H and O–H groups in total. The minimum absolute atomic E-state index is 0.0285. The Morgan fingerprint density at radius 2 is 1.92 bits per heavy atom. The number of pyridine rings is 1. The molecule has 0 saturated heterocycles. The number of halogens is 1. The van der Waals surface area contributed by atoms with Crippen LogP contribution in [0.1, 0.15) is 12.5 Å². The second-order valence-corrected chi connectivity index (χ2v) is 10.8. The Morgan fingerprint density at radius 1 is 1.16 bits per heavy atom. The third-order valence-corrected chi connectivity index (χ3v) is 8.04. The highest BCUT2D eigenvalue weighted by atomic mass is 35.5. The summed E-state index contributed by atoms with van der Waals surface area (Å²) in [5.74, 6) is -0.535. The van der Waals surface area contributed by atoms with Gasteiger partial charge in [0.25, 0.3) is 15.6 Å². The Hall–Kier alpha value is -3.96. The Balaban J connectivity index is 1.74. The molecule has 0 aliphatic heterocycles. The van der Waals surface area contributed by atoms with Crippen molar-refractivity contribution in [3.05, 3.63) is 75.9 Å². The van der Waals surface area contributed by atoms with Crippen molar-refractivity contribution in [2.75, 3.05) is 18.9 Å². The van der Waals surface area contributed by atoms with Gasteiger partial charge in [0.15, 0.2) is 0 Å². The van der Waals surface area contributed by atoms with E-state index in [0.29, 0.717) is 32.6 Å². The van der Waals surface area contributed by atoms with Crippen LogP contribution in [0.25, 0.3) is 22.0 Å². The molecule has 2 aromatic heterocycles. The normalized spacial score (nSPS) is 12.2. The highest BCUT2D eigenvalue weighted by molar-refractivity contribution is 7.92. The van der Waals surface area contributed by atoms with E-state index >= 15 is 0 Å². The lowest BCUT2D eigenvalue weighted by Crippen LogP contribution is -2.32. The number of amides is 1. The van der Waals surface area contributed by atoms with Crippen LogP contribution in [0.5, 0.6) is 5.88 Å². The Kier molecular flexibility index (Phi) is 7.70. The molecular weight excluding hydrogens is 530 g/mol. The molecule has 0 aliphatic rings. The minimum Gasteiger partial charge on any atom is -0.480 e. The molecule has 0 unspecified atom stereocenters. The number of fused-ring (bicyclic) bond motifs is 1. The zero-order valence-electron chi connectivity index (χ0n) is 21.1. The summed E-state index contributed by atoms with van der Waals surface area (Å²) in [6.45, 7) is 3.51. The van der Waals surface area contributed by atoms with Gasteiger partial charge < -0.3 is 10.1 Å². The van der Waals surface area contributed by atoms with E-state index in [4.69, 9.17) is 16.3 Å². The average molecular weight is 556 g/mol. The van der Waals surface area contributed by atoms with Gasteiger partial charge in [0, 0.05) is 30.4 Å². The van der Waals surface area contributed by atoms with Crippen LogP contribution >= 0.6 is 11.6 Å². The van der Waals surface area contributed by atoms with Gasteiger partial charge in [-0.3, -0.25) is 18.9 Å². The fraction of sp³-hybridized carbons (Fsp3) is 0.231. The lowest BCUT2D eigenvalue weighted by Gasteiger charge is -2.15. The number of hydrogen-bond donors (Lipinski definition) is 2. The molecule has 1 atom stereocenters. The summed E-state index contributed by atoms with van der Waals surface area (Å²) in [5, 5.41) is 3.25. The molecule has 1 amide bonds. The molecule has 0 fully saturated rings. The molecule has 0 saturated carbocycles. The first-order valence-corrected chi connectivity index (χ1v) is 13.4. The van der Waals surface area contributed by atoms with E-state index in [1.807, 2.05) is 0 Å². The second kappa shape index (κ2) is 10.8. The van der Waals surface area contributed by atoms with Crippen LogP contribution in [0.2, 0.25) is 5.02 Å². The Bertz CT molecular complexity index is 1700. The van der Waals surface area contributed by atoms with E-state index in [-0.39, 0.29) is 34.5 Å². The molecule has 198 valence electrons. The van der Waals surface area contributed by atoms with Crippen molar-refractivity contribution in [1.29, 1.82) is 0 Å². The van der Waals surface area contributed by atoms with Crippen LogP contribution in [-0.2, 0) is 21.4 Å². The number of nitrogens with zero attached hydrogens (tertiary/aromatic N) is 3. The van der Waals surface area contributed by atoms with Crippen LogP contribution in [0.3, 0.4) is 0 Å². The third kappa shape index (κ3) is 5.34. The highest BCUT2D eigenvalue weighted by Gasteiger charge is 2.21. The van der Waals surface area contributed by atoms with Gasteiger partial charge >= 0.3 is 0 Å². The van der Waals surface area contributed by atoms with Crippen molar-refractivity contribution in [1.82, 2.24) is 19.9 Å². The molecule has 10 nitrogen and oxygen atoms in total. The van der Waals surface area contributed by atoms with E-state index in [1.54, 1.807) is 57.3 Å². The smallest absolute Gasteiger partial charge is 0.262 e. The number of benzene rings is 2. The monoisotopic (exact) mass is 555 g/mol. The average Bonchev–Trinajstić information content (AvgIpc) is 2.90. The van der Waals surface area contributed by atoms with Crippen molar-refractivity contribution in [3.8, 4) is 17.0 Å². The van der Waals surface area contributed by atoms with Crippen molar-refractivity contribution in [2.45, 2.75) is 25.3 Å². The van der Waals surface area contributed by atoms with Gasteiger partial charge in [-0.25, -0.2) is 18.4 Å². The van der Waals surface area contributed by atoms with Gasteiger partial charge in [0.2, 0.25) is 11.8 Å². The first-order valence-electron chi connectivity index (χ1n) is 11.6. The zero-order chi connectivity index (χ0) is 27.6. The lowest BCUT2D eigenvalue weighted by atomic mass is 10.0. The number of rotatable bonds is 8. The highest BCUT2D eigenvalue weighted by Crippen LogP contribution is 2.32. The predicted octanol–water partition coefficient (Wildman–Crippen LogP) is 3.61. The molecule has 38 heavy (non-hydrogen) atoms. The van der Waals surface area contributed by atoms with Crippen molar-refractivity contribution in [2.24, 2.45) is 5.92 Å². The van der Waals surface area contributed by atoms with E-state index < -0.39 is 15.9 Å². The maximum atomic E-state index is 13.2. The molecule has 0 radical (unpaired) electrons. The SMILES string of the molecule is CNC(=O)[C@H](C)Cn1cnc2ccc(-c3cnc(OC)c(NS(=O)(=O)c4cccc(Cl)c4C)c3)cc2c1=O. The van der Waals surface area contributed by atoms with Crippen LogP contribution in [0, 0.1) is 12.8 Å². The molecule has 4 rings (SSSR count). The molecule has 0 spiro atoms. The zero-order valence-corrected chi connectivity index (χ0v) is 22.7. The topological polar surface area (TPSA) is 132 Å². The minimum atomic E-state index is -4.02. The number of nitrogens with one attached hydrogen (secondary N) is 2. The molecule has 0 aliphatic carbocycles. The Morgan fingerprint density at radius 3 is 2.63 bits per heavy atom. The molecule has 4 aromatic rings. The van der Waals surface area contributed by atoms with E-state index in [0.717, 1.165) is 0 Å².